The summed E-state index contributed by atoms with van der Waals surface area (Å²) in [6, 6.07) is 11.6. The summed E-state index contributed by atoms with van der Waals surface area (Å²) in [5.74, 6) is 0.892. The zero-order valence-corrected chi connectivity index (χ0v) is 15.0. The van der Waals surface area contributed by atoms with E-state index in [2.05, 4.69) is 20.5 Å². The summed E-state index contributed by atoms with van der Waals surface area (Å²) >= 11 is 6.23. The molecule has 3 aromatic rings. The fourth-order valence-corrected chi connectivity index (χ4v) is 3.58. The molecule has 0 bridgehead atoms. The molecule has 0 aliphatic carbocycles. The van der Waals surface area contributed by atoms with Gasteiger partial charge in [0.05, 0.1) is 28.8 Å². The van der Waals surface area contributed by atoms with Gasteiger partial charge in [0.25, 0.3) is 0 Å². The number of pyridine rings is 1. The van der Waals surface area contributed by atoms with E-state index in [4.69, 9.17) is 27.6 Å². The summed E-state index contributed by atoms with van der Waals surface area (Å²) < 4.78 is 2.13. The average Bonchev–Trinajstić information content (AvgIpc) is 3.00. The fourth-order valence-electron chi connectivity index (χ4n) is 3.42. The maximum atomic E-state index is 8.96. The number of hydrogen-bond donors (Lipinski definition) is 1. The quantitative estimate of drug-likeness (QED) is 0.770. The standard InChI is InChI=1S/C19H19ClN6/c20-14-4-6-17-18(8-14)26(12-16-5-3-13(9-21)10-23-16)19(24-17)25-7-1-2-15(22)11-25/h3-6,8,10,15H,1-2,7,11-12,22H2/t15-/m0/s1. The van der Waals surface area contributed by atoms with Crippen LogP contribution in [0, 0.1) is 11.3 Å². The highest BCUT2D eigenvalue weighted by atomic mass is 35.5. The van der Waals surface area contributed by atoms with Crippen molar-refractivity contribution < 1.29 is 0 Å². The number of imidazole rings is 1. The molecule has 0 radical (unpaired) electrons. The van der Waals surface area contributed by atoms with Crippen molar-refractivity contribution in [2.75, 3.05) is 18.0 Å². The summed E-state index contributed by atoms with van der Waals surface area (Å²) in [7, 11) is 0. The molecule has 2 N–H and O–H groups in total. The first kappa shape index (κ1) is 16.8. The predicted molar refractivity (Wildman–Crippen MR) is 102 cm³/mol. The van der Waals surface area contributed by atoms with Crippen molar-refractivity contribution in [3.8, 4) is 6.07 Å². The summed E-state index contributed by atoms with van der Waals surface area (Å²) in [5, 5.41) is 9.63. The molecule has 6 nitrogen and oxygen atoms in total. The van der Waals surface area contributed by atoms with E-state index >= 15 is 0 Å². The van der Waals surface area contributed by atoms with Crippen molar-refractivity contribution in [3.05, 3.63) is 52.8 Å². The van der Waals surface area contributed by atoms with Gasteiger partial charge in [-0.2, -0.15) is 5.26 Å². The van der Waals surface area contributed by atoms with Gasteiger partial charge in [0.2, 0.25) is 5.95 Å². The lowest BCUT2D eigenvalue weighted by Crippen LogP contribution is -2.44. The molecule has 0 saturated carbocycles. The van der Waals surface area contributed by atoms with Crippen LogP contribution in [0.3, 0.4) is 0 Å². The summed E-state index contributed by atoms with van der Waals surface area (Å²) in [4.78, 5) is 11.5. The predicted octanol–water partition coefficient (Wildman–Crippen LogP) is 2.93. The van der Waals surface area contributed by atoms with Crippen LogP contribution in [0.5, 0.6) is 0 Å². The Morgan fingerprint density at radius 2 is 2.19 bits per heavy atom. The lowest BCUT2D eigenvalue weighted by atomic mass is 10.1. The zero-order chi connectivity index (χ0) is 18.1. The van der Waals surface area contributed by atoms with Crippen LogP contribution in [0.15, 0.2) is 36.5 Å². The normalized spacial score (nSPS) is 17.4. The first-order valence-corrected chi connectivity index (χ1v) is 9.03. The van der Waals surface area contributed by atoms with Crippen LogP contribution in [0.1, 0.15) is 24.1 Å². The molecular formula is C19H19ClN6. The second-order valence-electron chi connectivity index (χ2n) is 6.63. The van der Waals surface area contributed by atoms with Crippen LogP contribution >= 0.6 is 11.6 Å². The highest BCUT2D eigenvalue weighted by molar-refractivity contribution is 6.31. The van der Waals surface area contributed by atoms with E-state index in [0.29, 0.717) is 17.1 Å². The molecule has 4 rings (SSSR count). The monoisotopic (exact) mass is 366 g/mol. The van der Waals surface area contributed by atoms with Crippen LogP contribution in [-0.2, 0) is 6.54 Å². The Labute approximate surface area is 156 Å². The average molecular weight is 367 g/mol. The van der Waals surface area contributed by atoms with Crippen molar-refractivity contribution in [1.82, 2.24) is 14.5 Å². The molecule has 132 valence electrons. The molecule has 3 heterocycles. The Hall–Kier alpha value is -2.62. The molecule has 0 spiro atoms. The number of nitrogens with two attached hydrogens (primary N) is 1. The lowest BCUT2D eigenvalue weighted by Gasteiger charge is -2.32. The van der Waals surface area contributed by atoms with Gasteiger partial charge in [-0.25, -0.2) is 4.98 Å². The molecule has 1 aliphatic heterocycles. The molecule has 1 aliphatic rings. The van der Waals surface area contributed by atoms with Crippen LogP contribution in [0.2, 0.25) is 5.02 Å². The van der Waals surface area contributed by atoms with Gasteiger partial charge in [-0.1, -0.05) is 11.6 Å². The first-order chi connectivity index (χ1) is 12.6. The van der Waals surface area contributed by atoms with E-state index in [1.165, 1.54) is 0 Å². The molecule has 26 heavy (non-hydrogen) atoms. The molecule has 0 unspecified atom stereocenters. The van der Waals surface area contributed by atoms with Crippen LogP contribution in [0.4, 0.5) is 5.95 Å². The number of halogens is 1. The second kappa shape index (κ2) is 6.94. The number of nitrogens with zero attached hydrogens (tertiary/aromatic N) is 5. The van der Waals surface area contributed by atoms with Crippen LogP contribution in [0.25, 0.3) is 11.0 Å². The van der Waals surface area contributed by atoms with Gasteiger partial charge < -0.3 is 15.2 Å². The Balaban J connectivity index is 1.77. The van der Waals surface area contributed by atoms with Crippen molar-refractivity contribution in [1.29, 1.82) is 5.26 Å². The maximum absolute atomic E-state index is 8.96. The maximum Gasteiger partial charge on any atom is 0.206 e. The minimum absolute atomic E-state index is 0.161. The van der Waals surface area contributed by atoms with Gasteiger partial charge in [0.15, 0.2) is 0 Å². The van der Waals surface area contributed by atoms with Crippen molar-refractivity contribution in [2.45, 2.75) is 25.4 Å². The minimum Gasteiger partial charge on any atom is -0.341 e. The molecule has 2 aromatic heterocycles. The van der Waals surface area contributed by atoms with E-state index < -0.39 is 0 Å². The number of nitriles is 1. The van der Waals surface area contributed by atoms with Gasteiger partial charge in [-0.15, -0.1) is 0 Å². The largest absolute Gasteiger partial charge is 0.341 e. The Morgan fingerprint density at radius 3 is 2.92 bits per heavy atom. The van der Waals surface area contributed by atoms with E-state index in [0.717, 1.165) is 48.6 Å². The highest BCUT2D eigenvalue weighted by Gasteiger charge is 2.23. The summed E-state index contributed by atoms with van der Waals surface area (Å²) in [6.07, 6.45) is 3.69. The SMILES string of the molecule is N#Cc1ccc(Cn2c(N3CCC[C@H](N)C3)nc3ccc(Cl)cc32)nc1. The van der Waals surface area contributed by atoms with E-state index in [1.807, 2.05) is 24.3 Å². The molecular weight excluding hydrogens is 348 g/mol. The molecule has 1 fully saturated rings. The Kier molecular flexibility index (Phi) is 4.49. The number of aromatic nitrogens is 3. The smallest absolute Gasteiger partial charge is 0.206 e. The molecule has 7 heteroatoms. The number of hydrogen-bond acceptors (Lipinski definition) is 5. The number of fused-ring (bicyclic) bond motifs is 1. The second-order valence-corrected chi connectivity index (χ2v) is 7.07. The summed E-state index contributed by atoms with van der Waals surface area (Å²) in [6.45, 7) is 2.28. The zero-order valence-electron chi connectivity index (χ0n) is 14.3. The van der Waals surface area contributed by atoms with E-state index in [-0.39, 0.29) is 6.04 Å². The fraction of sp³-hybridized carbons (Fsp3) is 0.316. The number of piperidine rings is 1. The molecule has 1 saturated heterocycles. The van der Waals surface area contributed by atoms with Gasteiger partial charge in [0, 0.05) is 30.4 Å². The molecule has 1 atom stereocenters. The van der Waals surface area contributed by atoms with Crippen LogP contribution < -0.4 is 10.6 Å². The van der Waals surface area contributed by atoms with Crippen molar-refractivity contribution >= 4 is 28.6 Å². The van der Waals surface area contributed by atoms with Crippen molar-refractivity contribution in [3.63, 3.8) is 0 Å². The lowest BCUT2D eigenvalue weighted by molar-refractivity contribution is 0.495. The van der Waals surface area contributed by atoms with Gasteiger partial charge in [0.1, 0.15) is 6.07 Å². The number of rotatable bonds is 3. The third-order valence-corrected chi connectivity index (χ3v) is 4.94. The Bertz CT molecular complexity index is 972. The van der Waals surface area contributed by atoms with Crippen molar-refractivity contribution in [2.24, 2.45) is 5.73 Å². The van der Waals surface area contributed by atoms with Gasteiger partial charge in [-0.05, 0) is 43.2 Å². The molecule has 0 amide bonds. The molecule has 1 aromatic carbocycles. The van der Waals surface area contributed by atoms with E-state index in [1.54, 1.807) is 12.3 Å². The first-order valence-electron chi connectivity index (χ1n) is 8.65. The highest BCUT2D eigenvalue weighted by Crippen LogP contribution is 2.28. The Morgan fingerprint density at radius 1 is 1.31 bits per heavy atom. The third-order valence-electron chi connectivity index (χ3n) is 4.70. The number of anilines is 1. The van der Waals surface area contributed by atoms with E-state index in [9.17, 15) is 0 Å². The summed E-state index contributed by atoms with van der Waals surface area (Å²) in [5.41, 5.74) is 9.46. The minimum atomic E-state index is 0.161. The third kappa shape index (κ3) is 3.24. The number of benzene rings is 1. The van der Waals surface area contributed by atoms with Crippen LogP contribution in [-0.4, -0.2) is 33.7 Å². The van der Waals surface area contributed by atoms with Gasteiger partial charge in [-0.3, -0.25) is 4.98 Å². The topological polar surface area (TPSA) is 83.8 Å². The van der Waals surface area contributed by atoms with Gasteiger partial charge >= 0.3 is 0 Å².